The molecule has 0 spiro atoms. The first-order chi connectivity index (χ1) is 40.8. The summed E-state index contributed by atoms with van der Waals surface area (Å²) in [4.78, 5) is 109. The van der Waals surface area contributed by atoms with Crippen LogP contribution < -0.4 is 53.4 Å². The Bertz CT molecular complexity index is 3160. The van der Waals surface area contributed by atoms with Crippen LogP contribution in [0, 0.1) is 0 Å². The number of nitrogens with one attached hydrogen (secondary N) is 8. The first kappa shape index (κ1) is 64.8. The van der Waals surface area contributed by atoms with Crippen molar-refractivity contribution in [2.24, 2.45) is 11.5 Å². The third-order valence-corrected chi connectivity index (χ3v) is 13.5. The van der Waals surface area contributed by atoms with Gasteiger partial charge in [0, 0.05) is 62.4 Å². The quantitative estimate of drug-likeness (QED) is 0.0311. The van der Waals surface area contributed by atoms with Crippen molar-refractivity contribution in [3.8, 4) is 5.75 Å². The molecule has 0 bridgehead atoms. The van der Waals surface area contributed by atoms with Crippen LogP contribution in [-0.4, -0.2) is 131 Å². The molecule has 6 aromatic rings. The molecule has 1 fully saturated rings. The molecular weight excluding hydrogens is 1110 g/mol. The number of rotatable bonds is 28. The van der Waals surface area contributed by atoms with Crippen molar-refractivity contribution >= 4 is 58.5 Å². The molecular formula is C60H69F3N10O12. The van der Waals surface area contributed by atoms with E-state index in [4.69, 9.17) is 30.8 Å². The number of carboxylic acid groups (broad SMARTS) is 2. The van der Waals surface area contributed by atoms with E-state index in [0.29, 0.717) is 47.5 Å². The molecule has 6 amide bonds. The van der Waals surface area contributed by atoms with Crippen molar-refractivity contribution < 1.29 is 71.2 Å². The van der Waals surface area contributed by atoms with Gasteiger partial charge in [0.05, 0.1) is 6.04 Å². The summed E-state index contributed by atoms with van der Waals surface area (Å²) in [6.45, 7) is 1.23. The molecule has 0 aliphatic carbocycles. The molecule has 7 rings (SSSR count). The molecule has 1 aliphatic rings. The highest BCUT2D eigenvalue weighted by atomic mass is 19.4. The summed E-state index contributed by atoms with van der Waals surface area (Å²) in [5.41, 5.74) is 15.5. The fraction of sp³-hybridized carbons (Fsp3) is 0.333. The number of para-hydroxylation sites is 1. The number of aliphatic carboxylic acids is 2. The second-order valence-electron chi connectivity index (χ2n) is 19.8. The number of ether oxygens (including phenoxy) is 2. The van der Waals surface area contributed by atoms with Gasteiger partial charge in [-0.05, 0) is 71.8 Å². The molecule has 1 saturated heterocycles. The Hall–Kier alpha value is -9.33. The standard InChI is InChI=1S/C58H68N10O10.C2HF3O2/c59-27-13-12-22-46(52(69)65-48(54(71)67-50(57(74)75)31-37-14-4-1-5-15-37)30-38-23-25-42(26-24-38)77-36-39-16-6-2-7-17-39)64-55(72)49(32-41-34-62-45-21-11-10-20-44(41)45)66-56(73)51(40-18-8-3-9-19-40)68-53(70)47-33-43(35-63-47)78-58(76)61-29-28-60;3-2(4,5)1(6)7/h1-11,14-21,23-26,34,43,46-51,62-63H,12-13,22,27-33,35-36,59-60H2,(H,61,76)(H,64,72)(H,65,69)(H,66,73)(H,67,71)(H,68,70)(H,74,75);(H,6,7)/t43?,46-,47-,48-,49+,50-,51-;/m0./s1. The number of hydrogen-bond donors (Lipinski definition) is 12. The fourth-order valence-corrected chi connectivity index (χ4v) is 9.07. The maximum Gasteiger partial charge on any atom is 0.490 e. The Balaban J connectivity index is 0.00000155. The summed E-state index contributed by atoms with van der Waals surface area (Å²) in [6.07, 6.45) is -3.75. The molecule has 14 N–H and O–H groups in total. The normalized spacial score (nSPS) is 15.4. The summed E-state index contributed by atoms with van der Waals surface area (Å²) in [5, 5.41) is 37.8. The highest BCUT2D eigenvalue weighted by Gasteiger charge is 2.39. The van der Waals surface area contributed by atoms with E-state index in [1.165, 1.54) is 0 Å². The lowest BCUT2D eigenvalue weighted by atomic mass is 10.00. The molecule has 1 unspecified atom stereocenters. The average Bonchev–Trinajstić information content (AvgIpc) is 4.40. The zero-order valence-corrected chi connectivity index (χ0v) is 46.1. The third kappa shape index (κ3) is 20.8. The van der Waals surface area contributed by atoms with Crippen LogP contribution in [0.4, 0.5) is 18.0 Å². The van der Waals surface area contributed by atoms with Crippen molar-refractivity contribution in [2.45, 2.75) is 100 Å². The Kier molecular flexibility index (Phi) is 24.8. The number of alkyl halides is 3. The molecule has 1 aromatic heterocycles. The number of fused-ring (bicyclic) bond motifs is 1. The van der Waals surface area contributed by atoms with Gasteiger partial charge in [-0.25, -0.2) is 14.4 Å². The van der Waals surface area contributed by atoms with E-state index in [1.807, 2.05) is 54.6 Å². The van der Waals surface area contributed by atoms with Crippen LogP contribution in [0.1, 0.15) is 59.5 Å². The van der Waals surface area contributed by atoms with Gasteiger partial charge < -0.3 is 73.4 Å². The summed E-state index contributed by atoms with van der Waals surface area (Å²) in [5.74, 6) is -7.02. The van der Waals surface area contributed by atoms with Gasteiger partial charge in [0.1, 0.15) is 48.7 Å². The number of alkyl carbamates (subject to hydrolysis) is 1. The van der Waals surface area contributed by atoms with Gasteiger partial charge in [-0.1, -0.05) is 121 Å². The van der Waals surface area contributed by atoms with Crippen LogP contribution in [0.5, 0.6) is 5.75 Å². The average molecular weight is 1180 g/mol. The number of amides is 6. The van der Waals surface area contributed by atoms with Crippen LogP contribution in [0.3, 0.4) is 0 Å². The van der Waals surface area contributed by atoms with E-state index >= 15 is 0 Å². The maximum atomic E-state index is 14.9. The predicted octanol–water partition coefficient (Wildman–Crippen LogP) is 3.83. The molecule has 25 heteroatoms. The van der Waals surface area contributed by atoms with Gasteiger partial charge in [-0.3, -0.25) is 24.0 Å². The van der Waals surface area contributed by atoms with Gasteiger partial charge in [0.25, 0.3) is 0 Å². The first-order valence-electron chi connectivity index (χ1n) is 27.3. The van der Waals surface area contributed by atoms with Gasteiger partial charge in [0.15, 0.2) is 0 Å². The van der Waals surface area contributed by atoms with Crippen molar-refractivity contribution in [1.82, 2.24) is 42.2 Å². The van der Waals surface area contributed by atoms with Crippen molar-refractivity contribution in [3.63, 3.8) is 0 Å². The molecule has 85 heavy (non-hydrogen) atoms. The number of unbranched alkanes of at least 4 members (excludes halogenated alkanes) is 1. The lowest BCUT2D eigenvalue weighted by Gasteiger charge is -2.27. The summed E-state index contributed by atoms with van der Waals surface area (Å²) in [7, 11) is 0. The number of aromatic nitrogens is 1. The Morgan fingerprint density at radius 3 is 1.78 bits per heavy atom. The molecule has 0 radical (unpaired) electrons. The van der Waals surface area contributed by atoms with Crippen LogP contribution in [0.15, 0.2) is 146 Å². The zero-order chi connectivity index (χ0) is 61.3. The van der Waals surface area contributed by atoms with Crippen molar-refractivity contribution in [1.29, 1.82) is 0 Å². The van der Waals surface area contributed by atoms with Crippen LogP contribution in [-0.2, 0) is 64.2 Å². The number of H-pyrrole nitrogens is 1. The van der Waals surface area contributed by atoms with Crippen LogP contribution in [0.2, 0.25) is 0 Å². The Labute approximate surface area is 487 Å². The molecule has 452 valence electrons. The number of carboxylic acids is 2. The molecule has 0 saturated carbocycles. The third-order valence-electron chi connectivity index (χ3n) is 13.5. The second-order valence-corrected chi connectivity index (χ2v) is 19.8. The SMILES string of the molecule is NCCCC[C@H](NC(=O)[C@@H](Cc1c[nH]c2ccccc12)NC(=O)[C@@H](NC(=O)[C@@H]1CC(OC(=O)NCCN)CN1)c1ccccc1)C(=O)N[C@@H](Cc1ccc(OCc2ccccc2)cc1)C(=O)N[C@@H](Cc1ccccc1)C(=O)O.O=C(O)C(F)(F)F. The summed E-state index contributed by atoms with van der Waals surface area (Å²) in [6, 6.07) is 33.9. The van der Waals surface area contributed by atoms with E-state index in [-0.39, 0.29) is 58.3 Å². The largest absolute Gasteiger partial charge is 0.490 e. The number of carbonyl (C=O) groups is 8. The number of nitrogens with two attached hydrogens (primary N) is 2. The summed E-state index contributed by atoms with van der Waals surface area (Å²) >= 11 is 0. The van der Waals surface area contributed by atoms with E-state index < -0.39 is 96.1 Å². The topological polar surface area (TPSA) is 348 Å². The minimum atomic E-state index is -5.08. The lowest BCUT2D eigenvalue weighted by Crippen LogP contribution is -2.59. The number of benzene rings is 5. The first-order valence-corrected chi connectivity index (χ1v) is 27.3. The number of carbonyl (C=O) groups excluding carboxylic acids is 6. The zero-order valence-electron chi connectivity index (χ0n) is 46.1. The smallest absolute Gasteiger partial charge is 0.489 e. The van der Waals surface area contributed by atoms with E-state index in [9.17, 15) is 51.8 Å². The maximum absolute atomic E-state index is 14.9. The van der Waals surface area contributed by atoms with E-state index in [2.05, 4.69) is 42.2 Å². The second kappa shape index (κ2) is 32.5. The number of aromatic amines is 1. The molecule has 2 heterocycles. The molecule has 1 aliphatic heterocycles. The molecule has 22 nitrogen and oxygen atoms in total. The Morgan fingerprint density at radius 1 is 0.612 bits per heavy atom. The highest BCUT2D eigenvalue weighted by Crippen LogP contribution is 2.22. The molecule has 5 aromatic carbocycles. The Morgan fingerprint density at radius 2 is 1.15 bits per heavy atom. The fourth-order valence-electron chi connectivity index (χ4n) is 9.07. The van der Waals surface area contributed by atoms with Crippen LogP contribution in [0.25, 0.3) is 10.9 Å². The molecule has 7 atom stereocenters. The van der Waals surface area contributed by atoms with E-state index in [1.54, 1.807) is 91.1 Å². The highest BCUT2D eigenvalue weighted by molar-refractivity contribution is 5.97. The number of hydrogen-bond acceptors (Lipinski definition) is 13. The predicted molar refractivity (Wildman–Crippen MR) is 306 cm³/mol. The van der Waals surface area contributed by atoms with E-state index in [0.717, 1.165) is 16.5 Å². The summed E-state index contributed by atoms with van der Waals surface area (Å²) < 4.78 is 43.2. The van der Waals surface area contributed by atoms with Gasteiger partial charge in [0.2, 0.25) is 29.5 Å². The lowest BCUT2D eigenvalue weighted by molar-refractivity contribution is -0.192. The van der Waals surface area contributed by atoms with Gasteiger partial charge in [-0.2, -0.15) is 13.2 Å². The van der Waals surface area contributed by atoms with Crippen molar-refractivity contribution in [3.05, 3.63) is 174 Å². The minimum absolute atomic E-state index is 0.0326. The minimum Gasteiger partial charge on any atom is -0.489 e. The monoisotopic (exact) mass is 1180 g/mol. The number of halogens is 3. The van der Waals surface area contributed by atoms with Gasteiger partial charge >= 0.3 is 24.2 Å². The van der Waals surface area contributed by atoms with Gasteiger partial charge in [-0.15, -0.1) is 0 Å². The van der Waals surface area contributed by atoms with Crippen molar-refractivity contribution in [2.75, 3.05) is 26.2 Å². The van der Waals surface area contributed by atoms with Crippen LogP contribution >= 0.6 is 0 Å².